The van der Waals surface area contributed by atoms with Crippen molar-refractivity contribution in [2.45, 2.75) is 12.3 Å². The zero-order valence-corrected chi connectivity index (χ0v) is 6.90. The summed E-state index contributed by atoms with van der Waals surface area (Å²) in [6.45, 7) is 0. The molecule has 1 saturated heterocycles. The molecule has 2 rings (SSSR count). The molecular weight excluding hydrogens is 160 g/mol. The van der Waals surface area contributed by atoms with Crippen LogP contribution in [0.1, 0.15) is 18.2 Å². The SMILES string of the molecule is Nc1n[nH]c(C2CCSC2)n1. The van der Waals surface area contributed by atoms with E-state index in [9.17, 15) is 0 Å². The second kappa shape index (κ2) is 2.73. The van der Waals surface area contributed by atoms with Gasteiger partial charge in [-0.3, -0.25) is 5.10 Å². The molecule has 4 nitrogen and oxygen atoms in total. The molecule has 2 heterocycles. The van der Waals surface area contributed by atoms with Gasteiger partial charge in [0.05, 0.1) is 0 Å². The minimum absolute atomic E-state index is 0.358. The Balaban J connectivity index is 2.15. The van der Waals surface area contributed by atoms with Gasteiger partial charge in [0.1, 0.15) is 5.82 Å². The van der Waals surface area contributed by atoms with Crippen LogP contribution in [0, 0.1) is 0 Å². The van der Waals surface area contributed by atoms with E-state index in [1.54, 1.807) is 0 Å². The molecule has 0 amide bonds. The predicted octanol–water partition coefficient (Wildman–Crippen LogP) is 0.607. The first-order chi connectivity index (χ1) is 5.36. The molecule has 0 bridgehead atoms. The number of thioether (sulfide) groups is 1. The van der Waals surface area contributed by atoms with Crippen LogP contribution in [-0.2, 0) is 0 Å². The smallest absolute Gasteiger partial charge is 0.239 e. The summed E-state index contributed by atoms with van der Waals surface area (Å²) in [6.07, 6.45) is 1.19. The van der Waals surface area contributed by atoms with Gasteiger partial charge in [0.15, 0.2) is 0 Å². The van der Waals surface area contributed by atoms with Crippen molar-refractivity contribution >= 4 is 17.7 Å². The summed E-state index contributed by atoms with van der Waals surface area (Å²) in [5.74, 6) is 4.23. The monoisotopic (exact) mass is 170 g/mol. The van der Waals surface area contributed by atoms with E-state index >= 15 is 0 Å². The molecule has 0 saturated carbocycles. The zero-order valence-electron chi connectivity index (χ0n) is 6.08. The Bertz CT molecular complexity index is 240. The van der Waals surface area contributed by atoms with E-state index < -0.39 is 0 Å². The number of nitrogens with two attached hydrogens (primary N) is 1. The van der Waals surface area contributed by atoms with Gasteiger partial charge in [-0.25, -0.2) is 0 Å². The third-order valence-electron chi connectivity index (χ3n) is 1.84. The molecule has 1 aliphatic rings. The fraction of sp³-hybridized carbons (Fsp3) is 0.667. The maximum atomic E-state index is 5.39. The molecule has 0 aliphatic carbocycles. The van der Waals surface area contributed by atoms with Gasteiger partial charge in [-0.05, 0) is 12.2 Å². The molecule has 1 aromatic heterocycles. The second-order valence-corrected chi connectivity index (χ2v) is 3.79. The molecule has 1 unspecified atom stereocenters. The van der Waals surface area contributed by atoms with Crippen LogP contribution in [0.4, 0.5) is 5.95 Å². The largest absolute Gasteiger partial charge is 0.367 e. The first-order valence-electron chi connectivity index (χ1n) is 3.62. The summed E-state index contributed by atoms with van der Waals surface area (Å²) in [7, 11) is 0. The molecule has 1 fully saturated rings. The maximum absolute atomic E-state index is 5.39. The average molecular weight is 170 g/mol. The van der Waals surface area contributed by atoms with Crippen molar-refractivity contribution in [3.63, 3.8) is 0 Å². The van der Waals surface area contributed by atoms with Crippen molar-refractivity contribution in [1.29, 1.82) is 0 Å². The molecule has 5 heteroatoms. The van der Waals surface area contributed by atoms with Crippen LogP contribution in [0.2, 0.25) is 0 Å². The van der Waals surface area contributed by atoms with Crippen LogP contribution >= 0.6 is 11.8 Å². The van der Waals surface area contributed by atoms with Crippen LogP contribution in [-0.4, -0.2) is 26.7 Å². The Labute approximate surface area is 69.0 Å². The van der Waals surface area contributed by atoms with E-state index in [0.29, 0.717) is 11.9 Å². The van der Waals surface area contributed by atoms with E-state index in [0.717, 1.165) is 11.6 Å². The molecule has 1 aromatic rings. The Morgan fingerprint density at radius 3 is 3.09 bits per heavy atom. The van der Waals surface area contributed by atoms with Gasteiger partial charge in [-0.15, -0.1) is 5.10 Å². The molecule has 1 atom stereocenters. The number of nitrogen functional groups attached to an aromatic ring is 1. The topological polar surface area (TPSA) is 67.6 Å². The van der Waals surface area contributed by atoms with Crippen molar-refractivity contribution in [3.8, 4) is 0 Å². The number of rotatable bonds is 1. The van der Waals surface area contributed by atoms with Crippen molar-refractivity contribution in [1.82, 2.24) is 15.2 Å². The number of H-pyrrole nitrogens is 1. The molecule has 0 aromatic carbocycles. The van der Waals surface area contributed by atoms with Crippen molar-refractivity contribution < 1.29 is 0 Å². The number of aromatic nitrogens is 3. The highest BCUT2D eigenvalue weighted by Crippen LogP contribution is 2.30. The summed E-state index contributed by atoms with van der Waals surface area (Å²) in [4.78, 5) is 4.09. The van der Waals surface area contributed by atoms with E-state index in [4.69, 9.17) is 5.73 Å². The molecule has 0 spiro atoms. The highest BCUT2D eigenvalue weighted by molar-refractivity contribution is 7.99. The van der Waals surface area contributed by atoms with Crippen LogP contribution < -0.4 is 5.73 Å². The van der Waals surface area contributed by atoms with Gasteiger partial charge < -0.3 is 5.73 Å². The standard InChI is InChI=1S/C6H10N4S/c7-6-8-5(9-10-6)4-1-2-11-3-4/h4H,1-3H2,(H3,7,8,9,10). The third-order valence-corrected chi connectivity index (χ3v) is 3.00. The van der Waals surface area contributed by atoms with Crippen LogP contribution in [0.15, 0.2) is 0 Å². The zero-order chi connectivity index (χ0) is 7.68. The molecule has 60 valence electrons. The lowest BCUT2D eigenvalue weighted by molar-refractivity contribution is 0.721. The van der Waals surface area contributed by atoms with Gasteiger partial charge in [0.25, 0.3) is 0 Å². The lowest BCUT2D eigenvalue weighted by atomic mass is 10.1. The van der Waals surface area contributed by atoms with E-state index in [1.165, 1.54) is 12.2 Å². The van der Waals surface area contributed by atoms with E-state index in [-0.39, 0.29) is 0 Å². The Hall–Kier alpha value is -0.710. The maximum Gasteiger partial charge on any atom is 0.239 e. The van der Waals surface area contributed by atoms with Crippen molar-refractivity contribution in [2.24, 2.45) is 0 Å². The molecule has 0 radical (unpaired) electrons. The number of hydrogen-bond donors (Lipinski definition) is 2. The quantitative estimate of drug-likeness (QED) is 0.648. The predicted molar refractivity (Wildman–Crippen MR) is 45.5 cm³/mol. The van der Waals surface area contributed by atoms with E-state index in [1.807, 2.05) is 11.8 Å². The third kappa shape index (κ3) is 1.33. The fourth-order valence-electron chi connectivity index (χ4n) is 1.22. The normalized spacial score (nSPS) is 24.2. The Morgan fingerprint density at radius 1 is 1.64 bits per heavy atom. The fourth-order valence-corrected chi connectivity index (χ4v) is 2.45. The lowest BCUT2D eigenvalue weighted by Gasteiger charge is -2.00. The first-order valence-corrected chi connectivity index (χ1v) is 4.77. The second-order valence-electron chi connectivity index (χ2n) is 2.64. The minimum Gasteiger partial charge on any atom is -0.367 e. The molecular formula is C6H10N4S. The van der Waals surface area contributed by atoms with Gasteiger partial charge in [-0.1, -0.05) is 0 Å². The van der Waals surface area contributed by atoms with Crippen molar-refractivity contribution in [2.75, 3.05) is 17.2 Å². The number of aromatic amines is 1. The number of hydrogen-bond acceptors (Lipinski definition) is 4. The summed E-state index contributed by atoms with van der Waals surface area (Å²) in [6, 6.07) is 0. The summed E-state index contributed by atoms with van der Waals surface area (Å²) < 4.78 is 0. The highest BCUT2D eigenvalue weighted by atomic mass is 32.2. The van der Waals surface area contributed by atoms with Crippen molar-refractivity contribution in [3.05, 3.63) is 5.82 Å². The van der Waals surface area contributed by atoms with Gasteiger partial charge in [0.2, 0.25) is 5.95 Å². The van der Waals surface area contributed by atoms with E-state index in [2.05, 4.69) is 15.2 Å². The van der Waals surface area contributed by atoms with Gasteiger partial charge >= 0.3 is 0 Å². The number of nitrogens with one attached hydrogen (secondary N) is 1. The molecule has 11 heavy (non-hydrogen) atoms. The van der Waals surface area contributed by atoms with Gasteiger partial charge in [0, 0.05) is 11.7 Å². The molecule has 1 aliphatic heterocycles. The Morgan fingerprint density at radius 2 is 2.55 bits per heavy atom. The molecule has 3 N–H and O–H groups in total. The van der Waals surface area contributed by atoms with Crippen LogP contribution in [0.3, 0.4) is 0 Å². The van der Waals surface area contributed by atoms with Crippen LogP contribution in [0.5, 0.6) is 0 Å². The van der Waals surface area contributed by atoms with Gasteiger partial charge in [-0.2, -0.15) is 16.7 Å². The highest BCUT2D eigenvalue weighted by Gasteiger charge is 2.20. The number of anilines is 1. The summed E-state index contributed by atoms with van der Waals surface area (Å²) in [5, 5.41) is 6.64. The first kappa shape index (κ1) is 6.97. The minimum atomic E-state index is 0.358. The summed E-state index contributed by atoms with van der Waals surface area (Å²) >= 11 is 1.96. The lowest BCUT2D eigenvalue weighted by Crippen LogP contribution is -1.98. The summed E-state index contributed by atoms with van der Waals surface area (Å²) in [5.41, 5.74) is 5.39. The number of nitrogens with zero attached hydrogens (tertiary/aromatic N) is 2. The van der Waals surface area contributed by atoms with Crippen LogP contribution in [0.25, 0.3) is 0 Å². The average Bonchev–Trinajstić information content (AvgIpc) is 2.55. The Kier molecular flexibility index (Phi) is 1.73.